The van der Waals surface area contributed by atoms with Gasteiger partial charge in [-0.1, -0.05) is 25.1 Å². The molecule has 0 saturated carbocycles. The van der Waals surface area contributed by atoms with E-state index in [1.165, 1.54) is 6.92 Å². The highest BCUT2D eigenvalue weighted by Gasteiger charge is 2.35. The molecule has 0 bridgehead atoms. The SMILES string of the molecule is CCCNc1c(C)c(C(F)(F)F)nc2ccccc12. The first-order valence-corrected chi connectivity index (χ1v) is 6.15. The maximum atomic E-state index is 13.0. The number of aromatic nitrogens is 1. The molecule has 0 aliphatic rings. The number of pyridine rings is 1. The zero-order valence-electron chi connectivity index (χ0n) is 10.8. The van der Waals surface area contributed by atoms with Crippen LogP contribution in [0.2, 0.25) is 0 Å². The molecule has 0 aliphatic carbocycles. The number of alkyl halides is 3. The molecule has 1 heterocycles. The number of para-hydroxylation sites is 1. The highest BCUT2D eigenvalue weighted by molar-refractivity contribution is 5.93. The third kappa shape index (κ3) is 2.64. The van der Waals surface area contributed by atoms with Crippen molar-refractivity contribution in [3.05, 3.63) is 35.5 Å². The lowest BCUT2D eigenvalue weighted by Crippen LogP contribution is -2.13. The average Bonchev–Trinajstić information content (AvgIpc) is 2.36. The van der Waals surface area contributed by atoms with Gasteiger partial charge in [-0.3, -0.25) is 0 Å². The van der Waals surface area contributed by atoms with Gasteiger partial charge in [0.2, 0.25) is 0 Å². The number of fused-ring (bicyclic) bond motifs is 1. The minimum absolute atomic E-state index is 0.152. The summed E-state index contributed by atoms with van der Waals surface area (Å²) in [4.78, 5) is 3.75. The van der Waals surface area contributed by atoms with Crippen LogP contribution >= 0.6 is 0 Å². The predicted molar refractivity (Wildman–Crippen MR) is 70.3 cm³/mol. The van der Waals surface area contributed by atoms with Gasteiger partial charge in [-0.05, 0) is 19.4 Å². The minimum Gasteiger partial charge on any atom is -0.384 e. The van der Waals surface area contributed by atoms with Gasteiger partial charge in [-0.15, -0.1) is 0 Å². The molecule has 102 valence electrons. The lowest BCUT2D eigenvalue weighted by Gasteiger charge is -2.17. The third-order valence-electron chi connectivity index (χ3n) is 2.96. The summed E-state index contributed by atoms with van der Waals surface area (Å²) in [5.41, 5.74) is 0.225. The molecule has 0 atom stereocenters. The van der Waals surface area contributed by atoms with Crippen LogP contribution in [-0.2, 0) is 6.18 Å². The highest BCUT2D eigenvalue weighted by Crippen LogP contribution is 2.36. The largest absolute Gasteiger partial charge is 0.433 e. The third-order valence-corrected chi connectivity index (χ3v) is 2.96. The fourth-order valence-corrected chi connectivity index (χ4v) is 2.06. The maximum Gasteiger partial charge on any atom is 0.433 e. The number of rotatable bonds is 3. The smallest absolute Gasteiger partial charge is 0.384 e. The molecule has 1 aromatic heterocycles. The summed E-state index contributed by atoms with van der Waals surface area (Å²) in [5, 5.41) is 3.80. The Balaban J connectivity index is 2.70. The van der Waals surface area contributed by atoms with Crippen molar-refractivity contribution in [1.29, 1.82) is 0 Å². The molecular weight excluding hydrogens is 253 g/mol. The van der Waals surface area contributed by atoms with Crippen LogP contribution in [0.25, 0.3) is 10.9 Å². The van der Waals surface area contributed by atoms with E-state index in [4.69, 9.17) is 0 Å². The van der Waals surface area contributed by atoms with E-state index in [1.807, 2.05) is 6.92 Å². The first kappa shape index (κ1) is 13.6. The van der Waals surface area contributed by atoms with Gasteiger partial charge >= 0.3 is 6.18 Å². The molecule has 0 saturated heterocycles. The second kappa shape index (κ2) is 5.07. The number of benzene rings is 1. The van der Waals surface area contributed by atoms with Crippen LogP contribution in [0.15, 0.2) is 24.3 Å². The molecule has 19 heavy (non-hydrogen) atoms. The summed E-state index contributed by atoms with van der Waals surface area (Å²) in [6.07, 6.45) is -3.59. The topological polar surface area (TPSA) is 24.9 Å². The maximum absolute atomic E-state index is 13.0. The Kier molecular flexibility index (Phi) is 3.64. The van der Waals surface area contributed by atoms with E-state index in [0.29, 0.717) is 17.7 Å². The van der Waals surface area contributed by atoms with Crippen molar-refractivity contribution in [2.45, 2.75) is 26.4 Å². The van der Waals surface area contributed by atoms with Gasteiger partial charge in [-0.2, -0.15) is 13.2 Å². The number of hydrogen-bond donors (Lipinski definition) is 1. The number of nitrogens with zero attached hydrogens (tertiary/aromatic N) is 1. The predicted octanol–water partition coefficient (Wildman–Crippen LogP) is 4.38. The number of halogens is 3. The summed E-state index contributed by atoms with van der Waals surface area (Å²) in [6.45, 7) is 4.06. The summed E-state index contributed by atoms with van der Waals surface area (Å²) >= 11 is 0. The van der Waals surface area contributed by atoms with Crippen LogP contribution in [0.1, 0.15) is 24.6 Å². The Hall–Kier alpha value is -1.78. The lowest BCUT2D eigenvalue weighted by atomic mass is 10.1. The minimum atomic E-state index is -4.43. The molecule has 0 radical (unpaired) electrons. The first-order valence-electron chi connectivity index (χ1n) is 6.15. The Morgan fingerprint density at radius 1 is 1.21 bits per heavy atom. The van der Waals surface area contributed by atoms with Crippen LogP contribution in [-0.4, -0.2) is 11.5 Å². The van der Waals surface area contributed by atoms with Gasteiger partial charge in [-0.25, -0.2) is 4.98 Å². The van der Waals surface area contributed by atoms with Crippen molar-refractivity contribution < 1.29 is 13.2 Å². The number of anilines is 1. The molecule has 2 aromatic rings. The molecule has 0 aliphatic heterocycles. The second-order valence-corrected chi connectivity index (χ2v) is 4.40. The summed E-state index contributed by atoms with van der Waals surface area (Å²) in [5.74, 6) is 0. The van der Waals surface area contributed by atoms with Crippen LogP contribution in [0, 0.1) is 6.92 Å². The van der Waals surface area contributed by atoms with Gasteiger partial charge in [0, 0.05) is 23.2 Å². The summed E-state index contributed by atoms with van der Waals surface area (Å²) in [7, 11) is 0. The van der Waals surface area contributed by atoms with Gasteiger partial charge in [0.1, 0.15) is 5.69 Å². The monoisotopic (exact) mass is 268 g/mol. The van der Waals surface area contributed by atoms with Crippen molar-refractivity contribution in [3.8, 4) is 0 Å². The molecule has 0 amide bonds. The number of hydrogen-bond acceptors (Lipinski definition) is 2. The molecular formula is C14H15F3N2. The molecule has 2 rings (SSSR count). The zero-order valence-corrected chi connectivity index (χ0v) is 10.8. The van der Waals surface area contributed by atoms with Gasteiger partial charge < -0.3 is 5.32 Å². The van der Waals surface area contributed by atoms with Gasteiger partial charge in [0.05, 0.1) is 5.52 Å². The van der Waals surface area contributed by atoms with Crippen molar-refractivity contribution in [1.82, 2.24) is 4.98 Å². The lowest BCUT2D eigenvalue weighted by molar-refractivity contribution is -0.141. The standard InChI is InChI=1S/C14H15F3N2/c1-3-8-18-12-9(2)13(14(15,16)17)19-11-7-5-4-6-10(11)12/h4-7H,3,8H2,1-2H3,(H,18,19). The molecule has 1 N–H and O–H groups in total. The Morgan fingerprint density at radius 3 is 2.53 bits per heavy atom. The molecule has 0 unspecified atom stereocenters. The number of nitrogens with one attached hydrogen (secondary N) is 1. The van der Waals surface area contributed by atoms with Gasteiger partial charge in [0.25, 0.3) is 0 Å². The van der Waals surface area contributed by atoms with Crippen molar-refractivity contribution in [3.63, 3.8) is 0 Å². The normalized spacial score (nSPS) is 11.8. The Labute approximate surface area is 109 Å². The van der Waals surface area contributed by atoms with Gasteiger partial charge in [0.15, 0.2) is 0 Å². The van der Waals surface area contributed by atoms with Crippen molar-refractivity contribution >= 4 is 16.6 Å². The quantitative estimate of drug-likeness (QED) is 0.893. The molecule has 2 nitrogen and oxygen atoms in total. The van der Waals surface area contributed by atoms with E-state index in [1.54, 1.807) is 24.3 Å². The van der Waals surface area contributed by atoms with E-state index >= 15 is 0 Å². The van der Waals surface area contributed by atoms with E-state index < -0.39 is 11.9 Å². The van der Waals surface area contributed by atoms with Crippen LogP contribution in [0.4, 0.5) is 18.9 Å². The second-order valence-electron chi connectivity index (χ2n) is 4.40. The van der Waals surface area contributed by atoms with Crippen LogP contribution in [0.3, 0.4) is 0 Å². The fraction of sp³-hybridized carbons (Fsp3) is 0.357. The Bertz CT molecular complexity index is 591. The Morgan fingerprint density at radius 2 is 1.89 bits per heavy atom. The van der Waals surface area contributed by atoms with Crippen molar-refractivity contribution in [2.75, 3.05) is 11.9 Å². The highest BCUT2D eigenvalue weighted by atomic mass is 19.4. The molecule has 5 heteroatoms. The molecule has 1 aromatic carbocycles. The van der Waals surface area contributed by atoms with E-state index in [-0.39, 0.29) is 5.56 Å². The zero-order chi connectivity index (χ0) is 14.0. The van der Waals surface area contributed by atoms with E-state index in [0.717, 1.165) is 11.8 Å². The van der Waals surface area contributed by atoms with Crippen LogP contribution < -0.4 is 5.32 Å². The summed E-state index contributed by atoms with van der Waals surface area (Å²) in [6, 6.07) is 6.87. The summed E-state index contributed by atoms with van der Waals surface area (Å²) < 4.78 is 39.0. The average molecular weight is 268 g/mol. The van der Waals surface area contributed by atoms with E-state index in [9.17, 15) is 13.2 Å². The molecule has 0 fully saturated rings. The van der Waals surface area contributed by atoms with E-state index in [2.05, 4.69) is 10.3 Å². The fourth-order valence-electron chi connectivity index (χ4n) is 2.06. The first-order chi connectivity index (χ1) is 8.95. The van der Waals surface area contributed by atoms with Crippen molar-refractivity contribution in [2.24, 2.45) is 0 Å². The molecule has 0 spiro atoms. The van der Waals surface area contributed by atoms with Crippen LogP contribution in [0.5, 0.6) is 0 Å².